The monoisotopic (exact) mass is 386 g/mol. The van der Waals surface area contributed by atoms with E-state index < -0.39 is 5.97 Å². The summed E-state index contributed by atoms with van der Waals surface area (Å²) in [6, 6.07) is 10.7. The van der Waals surface area contributed by atoms with Crippen molar-refractivity contribution in [2.24, 2.45) is 5.92 Å². The first-order valence-electron chi connectivity index (χ1n) is 9.12. The van der Waals surface area contributed by atoms with E-state index in [0.29, 0.717) is 35.0 Å². The summed E-state index contributed by atoms with van der Waals surface area (Å²) in [6.45, 7) is 5.43. The first kappa shape index (κ1) is 19.2. The largest absolute Gasteiger partial charge is 0.493 e. The van der Waals surface area contributed by atoms with Gasteiger partial charge < -0.3 is 9.84 Å². The van der Waals surface area contributed by atoms with Crippen LogP contribution < -0.4 is 4.74 Å². The topological polar surface area (TPSA) is 64.3 Å². The Kier molecular flexibility index (Phi) is 6.01. The average Bonchev–Trinajstić information content (AvgIpc) is 3.06. The summed E-state index contributed by atoms with van der Waals surface area (Å²) in [5.41, 5.74) is 1.81. The molecule has 0 fully saturated rings. The molecule has 0 saturated carbocycles. The molecule has 1 aromatic heterocycles. The van der Waals surface area contributed by atoms with Crippen molar-refractivity contribution < 1.29 is 14.6 Å². The Balaban J connectivity index is 1.89. The van der Waals surface area contributed by atoms with Crippen LogP contribution in [-0.4, -0.2) is 27.5 Å². The molecule has 0 spiro atoms. The van der Waals surface area contributed by atoms with Gasteiger partial charge in [-0.15, -0.1) is 0 Å². The number of hydrogen-bond acceptors (Lipinski definition) is 3. The normalized spacial score (nSPS) is 11.3. The van der Waals surface area contributed by atoms with Crippen LogP contribution in [0.2, 0.25) is 5.02 Å². The highest BCUT2D eigenvalue weighted by Gasteiger charge is 2.13. The number of carbonyl (C=O) groups is 1. The van der Waals surface area contributed by atoms with Gasteiger partial charge in [-0.25, -0.2) is 4.79 Å². The molecule has 0 atom stereocenters. The highest BCUT2D eigenvalue weighted by molar-refractivity contribution is 6.30. The van der Waals surface area contributed by atoms with Crippen molar-refractivity contribution in [1.82, 2.24) is 9.78 Å². The standard InChI is InChI=1S/C21H23ClN2O3/c1-3-14(4-2)13-27-20-9-8-16(22)10-15(20)11-24-12-18-17(21(25)26)6-5-7-19(18)23-24/h5-10,12,14H,3-4,11,13H2,1-2H3,(H,25,26). The molecule has 5 nitrogen and oxygen atoms in total. The summed E-state index contributed by atoms with van der Waals surface area (Å²) >= 11 is 6.18. The molecule has 0 aliphatic heterocycles. The number of carboxylic acids is 1. The summed E-state index contributed by atoms with van der Waals surface area (Å²) in [6.07, 6.45) is 3.90. The van der Waals surface area contributed by atoms with E-state index in [0.717, 1.165) is 24.2 Å². The van der Waals surface area contributed by atoms with Gasteiger partial charge in [0, 0.05) is 22.2 Å². The molecule has 1 heterocycles. The van der Waals surface area contributed by atoms with E-state index in [4.69, 9.17) is 16.3 Å². The molecule has 0 aliphatic rings. The van der Waals surface area contributed by atoms with E-state index in [1.54, 1.807) is 29.1 Å². The Morgan fingerprint density at radius 2 is 2.04 bits per heavy atom. The molecule has 0 amide bonds. The van der Waals surface area contributed by atoms with Crippen LogP contribution in [0.3, 0.4) is 0 Å². The lowest BCUT2D eigenvalue weighted by molar-refractivity contribution is 0.0699. The number of benzene rings is 2. The average molecular weight is 387 g/mol. The van der Waals surface area contributed by atoms with Gasteiger partial charge in [0.1, 0.15) is 5.75 Å². The molecule has 142 valence electrons. The molecule has 0 radical (unpaired) electrons. The second-order valence-electron chi connectivity index (χ2n) is 6.62. The summed E-state index contributed by atoms with van der Waals surface area (Å²) in [5, 5.41) is 15.1. The fourth-order valence-corrected chi connectivity index (χ4v) is 3.27. The van der Waals surface area contributed by atoms with Gasteiger partial charge in [-0.1, -0.05) is 44.4 Å². The van der Waals surface area contributed by atoms with Gasteiger partial charge in [-0.05, 0) is 36.2 Å². The first-order valence-corrected chi connectivity index (χ1v) is 9.50. The van der Waals surface area contributed by atoms with Crippen molar-refractivity contribution in [2.45, 2.75) is 33.2 Å². The van der Waals surface area contributed by atoms with Crippen LogP contribution >= 0.6 is 11.6 Å². The third-order valence-corrected chi connectivity index (χ3v) is 5.05. The van der Waals surface area contributed by atoms with Crippen LogP contribution in [0.15, 0.2) is 42.6 Å². The van der Waals surface area contributed by atoms with Crippen LogP contribution in [0.1, 0.15) is 42.6 Å². The zero-order valence-electron chi connectivity index (χ0n) is 15.5. The predicted molar refractivity (Wildman–Crippen MR) is 107 cm³/mol. The van der Waals surface area contributed by atoms with E-state index in [1.165, 1.54) is 0 Å². The van der Waals surface area contributed by atoms with Crippen LogP contribution in [0.25, 0.3) is 10.9 Å². The zero-order valence-corrected chi connectivity index (χ0v) is 16.2. The molecule has 0 saturated heterocycles. The predicted octanol–water partition coefficient (Wildman–Crippen LogP) is 5.25. The van der Waals surface area contributed by atoms with Gasteiger partial charge in [0.15, 0.2) is 0 Å². The number of carboxylic acid groups (broad SMARTS) is 1. The van der Waals surface area contributed by atoms with E-state index >= 15 is 0 Å². The second kappa shape index (κ2) is 8.44. The Morgan fingerprint density at radius 1 is 1.26 bits per heavy atom. The van der Waals surface area contributed by atoms with Crippen molar-refractivity contribution >= 4 is 28.5 Å². The molecule has 0 unspecified atom stereocenters. The van der Waals surface area contributed by atoms with Gasteiger partial charge in [0.25, 0.3) is 0 Å². The minimum atomic E-state index is -0.961. The highest BCUT2D eigenvalue weighted by Crippen LogP contribution is 2.26. The van der Waals surface area contributed by atoms with Gasteiger partial charge >= 0.3 is 5.97 Å². The Hall–Kier alpha value is -2.53. The van der Waals surface area contributed by atoms with E-state index in [2.05, 4.69) is 18.9 Å². The van der Waals surface area contributed by atoms with Gasteiger partial charge in [0.05, 0.1) is 24.2 Å². The zero-order chi connectivity index (χ0) is 19.4. The number of nitrogens with zero attached hydrogens (tertiary/aromatic N) is 2. The van der Waals surface area contributed by atoms with Gasteiger partial charge in [0.2, 0.25) is 0 Å². The molecule has 6 heteroatoms. The third-order valence-electron chi connectivity index (χ3n) is 4.81. The number of halogens is 1. The lowest BCUT2D eigenvalue weighted by Gasteiger charge is -2.16. The van der Waals surface area contributed by atoms with Crippen LogP contribution in [-0.2, 0) is 6.54 Å². The molecular formula is C21H23ClN2O3. The quantitative estimate of drug-likeness (QED) is 0.574. The van der Waals surface area contributed by atoms with Gasteiger partial charge in [-0.2, -0.15) is 5.10 Å². The molecule has 2 aromatic carbocycles. The van der Waals surface area contributed by atoms with E-state index in [1.807, 2.05) is 18.2 Å². The number of ether oxygens (including phenoxy) is 1. The summed E-state index contributed by atoms with van der Waals surface area (Å²) in [7, 11) is 0. The minimum Gasteiger partial charge on any atom is -0.493 e. The van der Waals surface area contributed by atoms with Crippen molar-refractivity contribution in [2.75, 3.05) is 6.61 Å². The summed E-state index contributed by atoms with van der Waals surface area (Å²) < 4.78 is 7.78. The number of aromatic nitrogens is 2. The summed E-state index contributed by atoms with van der Waals surface area (Å²) in [5.74, 6) is 0.334. The minimum absolute atomic E-state index is 0.245. The highest BCUT2D eigenvalue weighted by atomic mass is 35.5. The molecule has 3 rings (SSSR count). The molecule has 0 aliphatic carbocycles. The maximum absolute atomic E-state index is 11.4. The third kappa shape index (κ3) is 4.42. The Bertz CT molecular complexity index is 948. The maximum Gasteiger partial charge on any atom is 0.336 e. The lowest BCUT2D eigenvalue weighted by atomic mass is 10.1. The molecule has 3 aromatic rings. The molecule has 0 bridgehead atoms. The lowest BCUT2D eigenvalue weighted by Crippen LogP contribution is -2.12. The van der Waals surface area contributed by atoms with Crippen molar-refractivity contribution in [3.8, 4) is 5.75 Å². The van der Waals surface area contributed by atoms with E-state index in [-0.39, 0.29) is 5.56 Å². The van der Waals surface area contributed by atoms with Crippen LogP contribution in [0.4, 0.5) is 0 Å². The number of aromatic carboxylic acids is 1. The van der Waals surface area contributed by atoms with Crippen molar-refractivity contribution in [1.29, 1.82) is 0 Å². The number of hydrogen-bond donors (Lipinski definition) is 1. The Morgan fingerprint density at radius 3 is 2.74 bits per heavy atom. The molecule has 27 heavy (non-hydrogen) atoms. The fourth-order valence-electron chi connectivity index (χ4n) is 3.08. The fraction of sp³-hybridized carbons (Fsp3) is 0.333. The molecule has 1 N–H and O–H groups in total. The van der Waals surface area contributed by atoms with E-state index in [9.17, 15) is 9.90 Å². The second-order valence-corrected chi connectivity index (χ2v) is 7.05. The number of fused-ring (bicyclic) bond motifs is 1. The summed E-state index contributed by atoms with van der Waals surface area (Å²) in [4.78, 5) is 11.4. The smallest absolute Gasteiger partial charge is 0.336 e. The number of rotatable bonds is 8. The van der Waals surface area contributed by atoms with Crippen molar-refractivity contribution in [3.63, 3.8) is 0 Å². The Labute approximate surface area is 163 Å². The molecular weight excluding hydrogens is 364 g/mol. The first-order chi connectivity index (χ1) is 13.0. The van der Waals surface area contributed by atoms with Gasteiger partial charge in [-0.3, -0.25) is 4.68 Å². The van der Waals surface area contributed by atoms with Crippen LogP contribution in [0, 0.1) is 5.92 Å². The SMILES string of the molecule is CCC(CC)COc1ccc(Cl)cc1Cn1cc2c(C(=O)O)cccc2n1. The maximum atomic E-state index is 11.4. The van der Waals surface area contributed by atoms with Crippen LogP contribution in [0.5, 0.6) is 5.75 Å². The van der Waals surface area contributed by atoms with Crippen molar-refractivity contribution in [3.05, 3.63) is 58.7 Å².